The van der Waals surface area contributed by atoms with E-state index in [0.29, 0.717) is 0 Å². The molecule has 0 amide bonds. The minimum Gasteiger partial charge on any atom is -0.376 e. The molecule has 2 nitrogen and oxygen atoms in total. The molecular formula is C5H6N2. The van der Waals surface area contributed by atoms with Gasteiger partial charge >= 0.3 is 0 Å². The highest BCUT2D eigenvalue weighted by Gasteiger charge is 2.04. The smallest absolute Gasteiger partial charge is 0.117 e. The molecule has 0 aromatic heterocycles. The van der Waals surface area contributed by atoms with Gasteiger partial charge in [-0.25, -0.2) is 0 Å². The first-order chi connectivity index (χ1) is 3.43. The number of nitriles is 1. The molecule has 0 aliphatic carbocycles. The minimum absolute atomic E-state index is 0.0417. The van der Waals surface area contributed by atoms with E-state index in [2.05, 4.69) is 11.4 Å². The van der Waals surface area contributed by atoms with Crippen LogP contribution in [0.3, 0.4) is 0 Å². The molecule has 1 rings (SSSR count). The standard InChI is InChI=1S/C5H6N2/c6-4-5-2-1-3-7-5/h1,3,5,7H,2H2/t5-/m0/s1. The molecule has 1 aliphatic heterocycles. The van der Waals surface area contributed by atoms with E-state index in [1.54, 1.807) is 0 Å². The van der Waals surface area contributed by atoms with Gasteiger partial charge in [-0.3, -0.25) is 0 Å². The van der Waals surface area contributed by atoms with E-state index in [0.717, 1.165) is 6.42 Å². The molecule has 0 fully saturated rings. The third kappa shape index (κ3) is 0.716. The van der Waals surface area contributed by atoms with E-state index in [4.69, 9.17) is 5.26 Å². The van der Waals surface area contributed by atoms with E-state index >= 15 is 0 Å². The van der Waals surface area contributed by atoms with Crippen LogP contribution >= 0.6 is 0 Å². The molecule has 0 saturated carbocycles. The number of rotatable bonds is 0. The lowest BCUT2D eigenvalue weighted by atomic mass is 10.3. The lowest BCUT2D eigenvalue weighted by molar-refractivity contribution is 0.772. The number of hydrogen-bond donors (Lipinski definition) is 1. The average molecular weight is 94.1 g/mol. The molecule has 1 N–H and O–H groups in total. The Morgan fingerprint density at radius 3 is 3.00 bits per heavy atom. The Hall–Kier alpha value is -0.970. The van der Waals surface area contributed by atoms with Crippen LogP contribution in [0.1, 0.15) is 6.42 Å². The first-order valence-corrected chi connectivity index (χ1v) is 2.24. The summed E-state index contributed by atoms with van der Waals surface area (Å²) in [7, 11) is 0. The van der Waals surface area contributed by atoms with Gasteiger partial charge in [-0.05, 0) is 6.20 Å². The van der Waals surface area contributed by atoms with Crippen molar-refractivity contribution in [2.75, 3.05) is 0 Å². The van der Waals surface area contributed by atoms with E-state index in [1.165, 1.54) is 0 Å². The second-order valence-corrected chi connectivity index (χ2v) is 1.49. The fourth-order valence-corrected chi connectivity index (χ4v) is 0.546. The Bertz CT molecular complexity index is 113. The van der Waals surface area contributed by atoms with Gasteiger partial charge in [0.25, 0.3) is 0 Å². The van der Waals surface area contributed by atoms with Crippen molar-refractivity contribution in [1.82, 2.24) is 5.32 Å². The summed E-state index contributed by atoms with van der Waals surface area (Å²) >= 11 is 0. The van der Waals surface area contributed by atoms with E-state index < -0.39 is 0 Å². The molecule has 0 radical (unpaired) electrons. The molecule has 36 valence electrons. The fourth-order valence-electron chi connectivity index (χ4n) is 0.546. The van der Waals surface area contributed by atoms with Crippen molar-refractivity contribution in [3.05, 3.63) is 12.3 Å². The van der Waals surface area contributed by atoms with Crippen LogP contribution in [0.4, 0.5) is 0 Å². The first-order valence-electron chi connectivity index (χ1n) is 2.24. The van der Waals surface area contributed by atoms with Crippen molar-refractivity contribution < 1.29 is 0 Å². The molecule has 1 aliphatic rings. The van der Waals surface area contributed by atoms with Gasteiger partial charge in [0.05, 0.1) is 6.07 Å². The van der Waals surface area contributed by atoms with Crippen LogP contribution in [0.5, 0.6) is 0 Å². The number of nitrogens with one attached hydrogen (secondary N) is 1. The predicted molar refractivity (Wildman–Crippen MR) is 26.3 cm³/mol. The van der Waals surface area contributed by atoms with Gasteiger partial charge in [0.2, 0.25) is 0 Å². The van der Waals surface area contributed by atoms with Crippen LogP contribution < -0.4 is 5.32 Å². The van der Waals surface area contributed by atoms with Crippen LogP contribution in [-0.2, 0) is 0 Å². The highest BCUT2D eigenvalue weighted by Crippen LogP contribution is 1.97. The summed E-state index contributed by atoms with van der Waals surface area (Å²) < 4.78 is 0. The highest BCUT2D eigenvalue weighted by molar-refractivity contribution is 5.04. The second kappa shape index (κ2) is 1.65. The molecule has 0 spiro atoms. The van der Waals surface area contributed by atoms with Crippen molar-refractivity contribution in [3.63, 3.8) is 0 Å². The van der Waals surface area contributed by atoms with Crippen LogP contribution in [-0.4, -0.2) is 6.04 Å². The van der Waals surface area contributed by atoms with Gasteiger partial charge in [0.15, 0.2) is 0 Å². The quantitative estimate of drug-likeness (QED) is 0.471. The number of hydrogen-bond acceptors (Lipinski definition) is 2. The van der Waals surface area contributed by atoms with Gasteiger partial charge in [-0.15, -0.1) is 0 Å². The maximum absolute atomic E-state index is 8.21. The normalized spacial score (nSPS) is 26.4. The molecule has 1 atom stereocenters. The van der Waals surface area contributed by atoms with Crippen LogP contribution in [0, 0.1) is 11.3 Å². The zero-order valence-electron chi connectivity index (χ0n) is 3.89. The molecule has 0 aromatic rings. The summed E-state index contributed by atoms with van der Waals surface area (Å²) in [6.07, 6.45) is 4.62. The molecule has 0 unspecified atom stereocenters. The van der Waals surface area contributed by atoms with Crippen LogP contribution in [0.25, 0.3) is 0 Å². The molecule has 1 heterocycles. The van der Waals surface area contributed by atoms with Crippen LogP contribution in [0.2, 0.25) is 0 Å². The molecular weight excluding hydrogens is 88.1 g/mol. The van der Waals surface area contributed by atoms with Gasteiger partial charge in [-0.2, -0.15) is 5.26 Å². The van der Waals surface area contributed by atoms with Gasteiger partial charge in [-0.1, -0.05) is 6.08 Å². The Morgan fingerprint density at radius 1 is 1.86 bits per heavy atom. The zero-order valence-corrected chi connectivity index (χ0v) is 3.89. The second-order valence-electron chi connectivity index (χ2n) is 1.49. The Balaban J connectivity index is 2.39. The van der Waals surface area contributed by atoms with Gasteiger partial charge in [0, 0.05) is 6.42 Å². The average Bonchev–Trinajstić information content (AvgIpc) is 2.14. The maximum Gasteiger partial charge on any atom is 0.117 e. The van der Waals surface area contributed by atoms with E-state index in [9.17, 15) is 0 Å². The van der Waals surface area contributed by atoms with E-state index in [1.807, 2.05) is 12.3 Å². The van der Waals surface area contributed by atoms with Crippen molar-refractivity contribution in [3.8, 4) is 6.07 Å². The lowest BCUT2D eigenvalue weighted by Crippen LogP contribution is -2.15. The topological polar surface area (TPSA) is 35.8 Å². The van der Waals surface area contributed by atoms with Gasteiger partial charge in [0.1, 0.15) is 6.04 Å². The highest BCUT2D eigenvalue weighted by atomic mass is 14.9. The van der Waals surface area contributed by atoms with Crippen molar-refractivity contribution >= 4 is 0 Å². The molecule has 0 saturated heterocycles. The Morgan fingerprint density at radius 2 is 2.71 bits per heavy atom. The van der Waals surface area contributed by atoms with E-state index in [-0.39, 0.29) is 6.04 Å². The summed E-state index contributed by atoms with van der Waals surface area (Å²) in [5, 5.41) is 11.1. The summed E-state index contributed by atoms with van der Waals surface area (Å²) in [6.45, 7) is 0. The SMILES string of the molecule is N#C[C@@H]1CC=CN1. The molecule has 0 aromatic carbocycles. The lowest BCUT2D eigenvalue weighted by Gasteiger charge is -1.93. The summed E-state index contributed by atoms with van der Waals surface area (Å²) in [5.74, 6) is 0. The molecule has 2 heteroatoms. The number of nitrogens with zero attached hydrogens (tertiary/aromatic N) is 1. The van der Waals surface area contributed by atoms with Crippen molar-refractivity contribution in [2.45, 2.75) is 12.5 Å². The zero-order chi connectivity index (χ0) is 5.11. The maximum atomic E-state index is 8.21. The molecule has 0 bridgehead atoms. The Kier molecular flexibility index (Phi) is 0.991. The largest absolute Gasteiger partial charge is 0.376 e. The fraction of sp³-hybridized carbons (Fsp3) is 0.400. The van der Waals surface area contributed by atoms with Crippen molar-refractivity contribution in [2.24, 2.45) is 0 Å². The summed E-state index contributed by atoms with van der Waals surface area (Å²) in [6, 6.07) is 2.13. The predicted octanol–water partition coefficient (Wildman–Crippen LogP) is 0.386. The van der Waals surface area contributed by atoms with Crippen molar-refractivity contribution in [1.29, 1.82) is 5.26 Å². The third-order valence-corrected chi connectivity index (χ3v) is 0.943. The summed E-state index contributed by atoms with van der Waals surface area (Å²) in [5.41, 5.74) is 0. The van der Waals surface area contributed by atoms with Gasteiger partial charge < -0.3 is 5.32 Å². The first kappa shape index (κ1) is 4.20. The van der Waals surface area contributed by atoms with Crippen LogP contribution in [0.15, 0.2) is 12.3 Å². The molecule has 7 heavy (non-hydrogen) atoms. The third-order valence-electron chi connectivity index (χ3n) is 0.943. The summed E-state index contributed by atoms with van der Waals surface area (Å²) in [4.78, 5) is 0. The monoisotopic (exact) mass is 94.1 g/mol. The minimum atomic E-state index is 0.0417. The Labute approximate surface area is 42.4 Å².